The van der Waals surface area contributed by atoms with E-state index in [-0.39, 0.29) is 16.8 Å². The standard InChI is InChI=1S/C12H20ClNO3S2/c1-5-10(8-18-4)14(3)19(15,16)12-6-11(7-13)17-9(12)2/h6,10H,5,7-8H2,1-4H3. The molecule has 19 heavy (non-hydrogen) atoms. The lowest BCUT2D eigenvalue weighted by molar-refractivity contribution is 0.384. The van der Waals surface area contributed by atoms with E-state index in [1.165, 1.54) is 10.4 Å². The van der Waals surface area contributed by atoms with Gasteiger partial charge in [0.2, 0.25) is 10.0 Å². The highest BCUT2D eigenvalue weighted by Crippen LogP contribution is 2.26. The summed E-state index contributed by atoms with van der Waals surface area (Å²) < 4.78 is 31.9. The van der Waals surface area contributed by atoms with Crippen molar-refractivity contribution < 1.29 is 12.8 Å². The summed E-state index contributed by atoms with van der Waals surface area (Å²) in [6.07, 6.45) is 2.74. The first kappa shape index (κ1) is 16.9. The molecule has 7 heteroatoms. The number of halogens is 1. The quantitative estimate of drug-likeness (QED) is 0.723. The van der Waals surface area contributed by atoms with Crippen LogP contribution in [0.3, 0.4) is 0 Å². The van der Waals surface area contributed by atoms with Crippen LogP contribution in [0.4, 0.5) is 0 Å². The van der Waals surface area contributed by atoms with E-state index in [9.17, 15) is 8.42 Å². The minimum Gasteiger partial charge on any atom is -0.464 e. The van der Waals surface area contributed by atoms with Gasteiger partial charge in [-0.05, 0) is 19.6 Å². The minimum absolute atomic E-state index is 0.0197. The van der Waals surface area contributed by atoms with Gasteiger partial charge in [0.05, 0.1) is 5.88 Å². The highest BCUT2D eigenvalue weighted by Gasteiger charge is 2.30. The summed E-state index contributed by atoms with van der Waals surface area (Å²) in [6, 6.07) is 1.49. The summed E-state index contributed by atoms with van der Waals surface area (Å²) in [5.41, 5.74) is 0. The number of nitrogens with zero attached hydrogens (tertiary/aromatic N) is 1. The smallest absolute Gasteiger partial charge is 0.246 e. The van der Waals surface area contributed by atoms with Crippen molar-refractivity contribution in [2.24, 2.45) is 0 Å². The highest BCUT2D eigenvalue weighted by molar-refractivity contribution is 7.98. The average molecular weight is 326 g/mol. The van der Waals surface area contributed by atoms with Crippen LogP contribution < -0.4 is 0 Å². The van der Waals surface area contributed by atoms with E-state index in [2.05, 4.69) is 0 Å². The lowest BCUT2D eigenvalue weighted by atomic mass is 10.3. The fraction of sp³-hybridized carbons (Fsp3) is 0.667. The average Bonchev–Trinajstić information content (AvgIpc) is 2.77. The molecule has 0 aliphatic heterocycles. The highest BCUT2D eigenvalue weighted by atomic mass is 35.5. The van der Waals surface area contributed by atoms with Gasteiger partial charge in [0.25, 0.3) is 0 Å². The number of sulfonamides is 1. The molecule has 0 aliphatic carbocycles. The third-order valence-corrected chi connectivity index (χ3v) is 6.06. The van der Waals surface area contributed by atoms with Crippen molar-refractivity contribution in [2.45, 2.75) is 37.1 Å². The zero-order valence-corrected chi connectivity index (χ0v) is 14.0. The number of alkyl halides is 1. The Labute approximate surface area is 124 Å². The molecule has 4 nitrogen and oxygen atoms in total. The first-order chi connectivity index (χ1) is 8.88. The second kappa shape index (κ2) is 7.02. The normalized spacial score (nSPS) is 14.0. The molecule has 0 saturated heterocycles. The van der Waals surface area contributed by atoms with Gasteiger partial charge in [0, 0.05) is 24.9 Å². The van der Waals surface area contributed by atoms with Gasteiger partial charge in [0.15, 0.2) is 0 Å². The van der Waals surface area contributed by atoms with E-state index in [1.807, 2.05) is 13.2 Å². The van der Waals surface area contributed by atoms with Crippen LogP contribution in [-0.2, 0) is 15.9 Å². The van der Waals surface area contributed by atoms with Crippen LogP contribution in [0.1, 0.15) is 24.9 Å². The number of aryl methyl sites for hydroxylation is 1. The van der Waals surface area contributed by atoms with Crippen molar-refractivity contribution in [3.05, 3.63) is 17.6 Å². The van der Waals surface area contributed by atoms with Crippen LogP contribution in [-0.4, -0.2) is 37.8 Å². The van der Waals surface area contributed by atoms with E-state index in [1.54, 1.807) is 25.7 Å². The molecule has 0 spiro atoms. The van der Waals surface area contributed by atoms with Crippen molar-refractivity contribution in [1.82, 2.24) is 4.31 Å². The maximum absolute atomic E-state index is 12.6. The van der Waals surface area contributed by atoms with Crippen molar-refractivity contribution in [2.75, 3.05) is 19.1 Å². The number of rotatable bonds is 7. The third-order valence-electron chi connectivity index (χ3n) is 3.06. The summed E-state index contributed by atoms with van der Waals surface area (Å²) in [4.78, 5) is 0.213. The van der Waals surface area contributed by atoms with Gasteiger partial charge in [-0.15, -0.1) is 11.6 Å². The zero-order valence-electron chi connectivity index (χ0n) is 11.6. The van der Waals surface area contributed by atoms with E-state index in [0.29, 0.717) is 11.5 Å². The first-order valence-corrected chi connectivity index (χ1v) is 9.37. The van der Waals surface area contributed by atoms with Gasteiger partial charge in [-0.25, -0.2) is 8.42 Å². The van der Waals surface area contributed by atoms with Gasteiger partial charge < -0.3 is 4.42 Å². The number of furan rings is 1. The van der Waals surface area contributed by atoms with Crippen molar-refractivity contribution >= 4 is 33.4 Å². The van der Waals surface area contributed by atoms with Crippen LogP contribution in [0, 0.1) is 6.92 Å². The Bertz CT molecular complexity index is 513. The molecule has 1 unspecified atom stereocenters. The third kappa shape index (κ3) is 3.68. The molecule has 1 rings (SSSR count). The Morgan fingerprint density at radius 1 is 1.53 bits per heavy atom. The Morgan fingerprint density at radius 2 is 2.16 bits per heavy atom. The minimum atomic E-state index is -3.52. The topological polar surface area (TPSA) is 50.5 Å². The molecule has 0 bridgehead atoms. The number of hydrogen-bond acceptors (Lipinski definition) is 4. The van der Waals surface area contributed by atoms with Crippen LogP contribution in [0.2, 0.25) is 0 Å². The molecule has 0 fully saturated rings. The molecule has 1 aromatic heterocycles. The van der Waals surface area contributed by atoms with Gasteiger partial charge in [0.1, 0.15) is 16.4 Å². The molecule has 0 aliphatic rings. The Kier molecular flexibility index (Phi) is 6.23. The monoisotopic (exact) mass is 325 g/mol. The van der Waals surface area contributed by atoms with Crippen LogP contribution >= 0.6 is 23.4 Å². The molecule has 0 saturated carbocycles. The Hall–Kier alpha value is -0.170. The first-order valence-electron chi connectivity index (χ1n) is 6.00. The summed E-state index contributed by atoms with van der Waals surface area (Å²) in [5, 5.41) is 0. The van der Waals surface area contributed by atoms with Gasteiger partial charge in [-0.2, -0.15) is 16.1 Å². The zero-order chi connectivity index (χ0) is 14.6. The van der Waals surface area contributed by atoms with Gasteiger partial charge in [-0.3, -0.25) is 0 Å². The summed E-state index contributed by atoms with van der Waals surface area (Å²) in [7, 11) is -1.91. The molecular weight excluding hydrogens is 306 g/mol. The largest absolute Gasteiger partial charge is 0.464 e. The van der Waals surface area contributed by atoms with E-state index in [0.717, 1.165) is 12.2 Å². The summed E-state index contributed by atoms with van der Waals surface area (Å²) in [5.74, 6) is 1.80. The number of thioether (sulfide) groups is 1. The van der Waals surface area contributed by atoms with E-state index >= 15 is 0 Å². The lowest BCUT2D eigenvalue weighted by Gasteiger charge is -2.25. The fourth-order valence-electron chi connectivity index (χ4n) is 1.87. The summed E-state index contributed by atoms with van der Waals surface area (Å²) >= 11 is 7.31. The second-order valence-corrected chi connectivity index (χ2v) is 7.45. The van der Waals surface area contributed by atoms with Crippen molar-refractivity contribution in [3.8, 4) is 0 Å². The van der Waals surface area contributed by atoms with Gasteiger partial charge >= 0.3 is 0 Å². The molecule has 0 amide bonds. The Balaban J connectivity index is 3.11. The molecule has 1 atom stereocenters. The fourth-order valence-corrected chi connectivity index (χ4v) is 4.55. The van der Waals surface area contributed by atoms with Crippen LogP contribution in [0.5, 0.6) is 0 Å². The van der Waals surface area contributed by atoms with E-state index < -0.39 is 10.0 Å². The Morgan fingerprint density at radius 3 is 2.58 bits per heavy atom. The van der Waals surface area contributed by atoms with E-state index in [4.69, 9.17) is 16.0 Å². The SMILES string of the molecule is CCC(CSC)N(C)S(=O)(=O)c1cc(CCl)oc1C. The summed E-state index contributed by atoms with van der Waals surface area (Å²) in [6.45, 7) is 3.63. The van der Waals surface area contributed by atoms with Crippen molar-refractivity contribution in [1.29, 1.82) is 0 Å². The molecule has 0 N–H and O–H groups in total. The molecule has 1 heterocycles. The molecular formula is C12H20ClNO3S2. The molecule has 1 aromatic rings. The second-order valence-electron chi connectivity index (χ2n) is 4.31. The maximum atomic E-state index is 12.6. The number of hydrogen-bond donors (Lipinski definition) is 0. The molecule has 0 aromatic carbocycles. The van der Waals surface area contributed by atoms with Gasteiger partial charge in [-0.1, -0.05) is 6.92 Å². The predicted octanol–water partition coefficient (Wildman–Crippen LogP) is 3.09. The lowest BCUT2D eigenvalue weighted by Crippen LogP contribution is -2.38. The molecule has 110 valence electrons. The predicted molar refractivity (Wildman–Crippen MR) is 80.4 cm³/mol. The maximum Gasteiger partial charge on any atom is 0.246 e. The van der Waals surface area contributed by atoms with Crippen LogP contribution in [0.25, 0.3) is 0 Å². The molecule has 0 radical (unpaired) electrons. The van der Waals surface area contributed by atoms with Crippen LogP contribution in [0.15, 0.2) is 15.4 Å². The van der Waals surface area contributed by atoms with Crippen molar-refractivity contribution in [3.63, 3.8) is 0 Å².